The molecule has 1 aliphatic rings. The van der Waals surface area contributed by atoms with Gasteiger partial charge < -0.3 is 5.32 Å². The van der Waals surface area contributed by atoms with Gasteiger partial charge in [0.15, 0.2) is 0 Å². The van der Waals surface area contributed by atoms with Gasteiger partial charge in [-0.2, -0.15) is 0 Å². The largest absolute Gasteiger partial charge is 0.308 e. The summed E-state index contributed by atoms with van der Waals surface area (Å²) >= 11 is 0. The van der Waals surface area contributed by atoms with Crippen molar-refractivity contribution in [2.75, 3.05) is 0 Å². The summed E-state index contributed by atoms with van der Waals surface area (Å²) in [4.78, 5) is 8.17. The summed E-state index contributed by atoms with van der Waals surface area (Å²) < 4.78 is 0. The molecule has 3 nitrogen and oxygen atoms in total. The maximum absolute atomic E-state index is 4.24. The van der Waals surface area contributed by atoms with Crippen LogP contribution in [0.3, 0.4) is 0 Å². The standard InChI is InChI=1S/C13H21N3/c1-13(2)7-4-3-5-12(13)15-9-11-6-8-14-10-16-11/h6,8,10,12,15H,3-5,7,9H2,1-2H3. The van der Waals surface area contributed by atoms with Crippen LogP contribution in [0.4, 0.5) is 0 Å². The highest BCUT2D eigenvalue weighted by molar-refractivity contribution is 4.98. The fourth-order valence-electron chi connectivity index (χ4n) is 2.52. The van der Waals surface area contributed by atoms with Crippen molar-refractivity contribution in [1.29, 1.82) is 0 Å². The minimum absolute atomic E-state index is 0.422. The lowest BCUT2D eigenvalue weighted by Crippen LogP contribution is -2.43. The van der Waals surface area contributed by atoms with Gasteiger partial charge >= 0.3 is 0 Å². The lowest BCUT2D eigenvalue weighted by molar-refractivity contribution is 0.166. The van der Waals surface area contributed by atoms with Crippen molar-refractivity contribution < 1.29 is 0 Å². The Morgan fingerprint density at radius 1 is 1.44 bits per heavy atom. The third-order valence-corrected chi connectivity index (χ3v) is 3.68. The van der Waals surface area contributed by atoms with Crippen LogP contribution >= 0.6 is 0 Å². The molecule has 1 fully saturated rings. The Labute approximate surface area is 97.7 Å². The molecule has 1 aromatic rings. The summed E-state index contributed by atoms with van der Waals surface area (Å²) in [6.45, 7) is 5.59. The van der Waals surface area contributed by atoms with Crippen LogP contribution in [0.1, 0.15) is 45.2 Å². The highest BCUT2D eigenvalue weighted by Gasteiger charge is 2.31. The molecule has 16 heavy (non-hydrogen) atoms. The summed E-state index contributed by atoms with van der Waals surface area (Å²) in [5.74, 6) is 0. The predicted molar refractivity (Wildman–Crippen MR) is 64.9 cm³/mol. The van der Waals surface area contributed by atoms with Gasteiger partial charge in [-0.05, 0) is 24.3 Å². The Morgan fingerprint density at radius 2 is 2.31 bits per heavy atom. The van der Waals surface area contributed by atoms with Gasteiger partial charge in [0.1, 0.15) is 6.33 Å². The lowest BCUT2D eigenvalue weighted by Gasteiger charge is -2.39. The Balaban J connectivity index is 1.90. The lowest BCUT2D eigenvalue weighted by atomic mass is 9.73. The van der Waals surface area contributed by atoms with Gasteiger partial charge in [0.2, 0.25) is 0 Å². The third-order valence-electron chi connectivity index (χ3n) is 3.68. The molecule has 1 atom stereocenters. The number of rotatable bonds is 3. The third kappa shape index (κ3) is 2.79. The van der Waals surface area contributed by atoms with Crippen molar-refractivity contribution in [3.05, 3.63) is 24.3 Å². The molecule has 1 unspecified atom stereocenters. The highest BCUT2D eigenvalue weighted by Crippen LogP contribution is 2.35. The molecular formula is C13H21N3. The van der Waals surface area contributed by atoms with E-state index >= 15 is 0 Å². The predicted octanol–water partition coefficient (Wildman–Crippen LogP) is 2.54. The molecule has 1 aromatic heterocycles. The van der Waals surface area contributed by atoms with Crippen molar-refractivity contribution in [3.8, 4) is 0 Å². The first-order chi connectivity index (χ1) is 7.68. The fourth-order valence-corrected chi connectivity index (χ4v) is 2.52. The average Bonchev–Trinajstić information content (AvgIpc) is 2.28. The Bertz CT molecular complexity index is 321. The van der Waals surface area contributed by atoms with Crippen LogP contribution in [0.25, 0.3) is 0 Å². The molecule has 0 amide bonds. The second-order valence-electron chi connectivity index (χ2n) is 5.37. The van der Waals surface area contributed by atoms with Crippen molar-refractivity contribution in [2.45, 2.75) is 52.1 Å². The zero-order chi connectivity index (χ0) is 11.4. The number of hydrogen-bond acceptors (Lipinski definition) is 3. The topological polar surface area (TPSA) is 37.8 Å². The van der Waals surface area contributed by atoms with Gasteiger partial charge in [-0.1, -0.05) is 26.7 Å². The summed E-state index contributed by atoms with van der Waals surface area (Å²) in [7, 11) is 0. The number of aromatic nitrogens is 2. The van der Waals surface area contributed by atoms with E-state index in [1.165, 1.54) is 25.7 Å². The monoisotopic (exact) mass is 219 g/mol. The Kier molecular flexibility index (Phi) is 3.54. The molecule has 0 radical (unpaired) electrons. The normalized spacial score (nSPS) is 24.2. The maximum atomic E-state index is 4.24. The first-order valence-corrected chi connectivity index (χ1v) is 6.17. The minimum Gasteiger partial charge on any atom is -0.308 e. The van der Waals surface area contributed by atoms with Crippen LogP contribution in [0.2, 0.25) is 0 Å². The molecule has 1 aliphatic carbocycles. The van der Waals surface area contributed by atoms with Gasteiger partial charge in [-0.3, -0.25) is 0 Å². The molecule has 1 heterocycles. The fraction of sp³-hybridized carbons (Fsp3) is 0.692. The molecule has 0 bridgehead atoms. The van der Waals surface area contributed by atoms with Crippen LogP contribution in [0.15, 0.2) is 18.6 Å². The molecule has 1 N–H and O–H groups in total. The molecular weight excluding hydrogens is 198 g/mol. The Morgan fingerprint density at radius 3 is 3.00 bits per heavy atom. The SMILES string of the molecule is CC1(C)CCCCC1NCc1ccncn1. The first kappa shape index (κ1) is 11.5. The summed E-state index contributed by atoms with van der Waals surface area (Å²) in [5, 5.41) is 3.64. The Hall–Kier alpha value is -0.960. The van der Waals surface area contributed by atoms with E-state index < -0.39 is 0 Å². The van der Waals surface area contributed by atoms with Crippen molar-refractivity contribution in [2.24, 2.45) is 5.41 Å². The highest BCUT2D eigenvalue weighted by atomic mass is 15.0. The van der Waals surface area contributed by atoms with E-state index in [0.29, 0.717) is 11.5 Å². The van der Waals surface area contributed by atoms with Crippen LogP contribution in [0.5, 0.6) is 0 Å². The molecule has 88 valence electrons. The van der Waals surface area contributed by atoms with Gasteiger partial charge in [0.25, 0.3) is 0 Å². The quantitative estimate of drug-likeness (QED) is 0.849. The van der Waals surface area contributed by atoms with Gasteiger partial charge in [-0.15, -0.1) is 0 Å². The van der Waals surface area contributed by atoms with Crippen molar-refractivity contribution in [1.82, 2.24) is 15.3 Å². The molecule has 3 heteroatoms. The molecule has 2 rings (SSSR count). The molecule has 0 saturated heterocycles. The molecule has 0 spiro atoms. The van der Waals surface area contributed by atoms with E-state index in [0.717, 1.165) is 12.2 Å². The summed E-state index contributed by atoms with van der Waals surface area (Å²) in [5.41, 5.74) is 1.50. The van der Waals surface area contributed by atoms with E-state index in [9.17, 15) is 0 Å². The molecule has 1 saturated carbocycles. The average molecular weight is 219 g/mol. The minimum atomic E-state index is 0.422. The van der Waals surface area contributed by atoms with Crippen LogP contribution in [0, 0.1) is 5.41 Å². The van der Waals surface area contributed by atoms with Gasteiger partial charge in [0, 0.05) is 18.8 Å². The van der Waals surface area contributed by atoms with Crippen molar-refractivity contribution >= 4 is 0 Å². The van der Waals surface area contributed by atoms with Crippen molar-refractivity contribution in [3.63, 3.8) is 0 Å². The number of nitrogens with zero attached hydrogens (tertiary/aromatic N) is 2. The summed E-state index contributed by atoms with van der Waals surface area (Å²) in [6, 6.07) is 2.60. The van der Waals surface area contributed by atoms with E-state index in [1.54, 1.807) is 12.5 Å². The summed E-state index contributed by atoms with van der Waals surface area (Å²) in [6.07, 6.45) is 8.76. The van der Waals surface area contributed by atoms with Gasteiger partial charge in [0.05, 0.1) is 5.69 Å². The molecule has 0 aromatic carbocycles. The van der Waals surface area contributed by atoms with E-state index in [1.807, 2.05) is 6.07 Å². The number of hydrogen-bond donors (Lipinski definition) is 1. The van der Waals surface area contributed by atoms with Crippen LogP contribution < -0.4 is 5.32 Å². The maximum Gasteiger partial charge on any atom is 0.115 e. The number of nitrogens with one attached hydrogen (secondary N) is 1. The second-order valence-corrected chi connectivity index (χ2v) is 5.37. The smallest absolute Gasteiger partial charge is 0.115 e. The van der Waals surface area contributed by atoms with Gasteiger partial charge in [-0.25, -0.2) is 9.97 Å². The van der Waals surface area contributed by atoms with Crippen LogP contribution in [-0.4, -0.2) is 16.0 Å². The second kappa shape index (κ2) is 4.91. The van der Waals surface area contributed by atoms with E-state index in [4.69, 9.17) is 0 Å². The molecule has 0 aliphatic heterocycles. The van der Waals surface area contributed by atoms with E-state index in [-0.39, 0.29) is 0 Å². The van der Waals surface area contributed by atoms with Crippen LogP contribution in [-0.2, 0) is 6.54 Å². The van der Waals surface area contributed by atoms with E-state index in [2.05, 4.69) is 29.1 Å². The zero-order valence-electron chi connectivity index (χ0n) is 10.2. The zero-order valence-corrected chi connectivity index (χ0v) is 10.2. The first-order valence-electron chi connectivity index (χ1n) is 6.17.